The van der Waals surface area contributed by atoms with Gasteiger partial charge in [-0.05, 0) is 18.8 Å². The Labute approximate surface area is 92.6 Å². The molecule has 0 amide bonds. The van der Waals surface area contributed by atoms with Gasteiger partial charge in [-0.15, -0.1) is 0 Å². The second kappa shape index (κ2) is 9.09. The van der Waals surface area contributed by atoms with E-state index >= 15 is 0 Å². The lowest BCUT2D eigenvalue weighted by atomic mass is 10.0. The second-order valence-electron chi connectivity index (χ2n) is 4.47. The predicted octanol–water partition coefficient (Wildman–Crippen LogP) is 0.380. The molecular weight excluding hydrogens is 196 g/mol. The maximum atomic E-state index is 8.95. The van der Waals surface area contributed by atoms with Crippen LogP contribution in [0, 0.1) is 11.8 Å². The molecule has 0 aromatic rings. The fourth-order valence-corrected chi connectivity index (χ4v) is 0.768. The molecule has 0 aliphatic carbocycles. The summed E-state index contributed by atoms with van der Waals surface area (Å²) in [6, 6.07) is 0. The van der Waals surface area contributed by atoms with Crippen LogP contribution in [0.25, 0.3) is 0 Å². The maximum absolute atomic E-state index is 8.95. The van der Waals surface area contributed by atoms with E-state index in [1.165, 1.54) is 0 Å². The van der Waals surface area contributed by atoms with Gasteiger partial charge >= 0.3 is 0 Å². The molecule has 0 aliphatic heterocycles. The third-order valence-corrected chi connectivity index (χ3v) is 2.13. The normalized spacial score (nSPS) is 17.0. The zero-order chi connectivity index (χ0) is 12.6. The SMILES string of the molecule is CC(C)[C@@H](O)C(C)O.CC(C)[C@H](O)CO. The van der Waals surface area contributed by atoms with Gasteiger partial charge in [0.25, 0.3) is 0 Å². The lowest BCUT2D eigenvalue weighted by Crippen LogP contribution is -2.27. The minimum Gasteiger partial charge on any atom is -0.394 e. The van der Waals surface area contributed by atoms with E-state index in [9.17, 15) is 0 Å². The van der Waals surface area contributed by atoms with Crippen LogP contribution in [0.15, 0.2) is 0 Å². The fourth-order valence-electron chi connectivity index (χ4n) is 0.768. The molecule has 0 aromatic heterocycles. The number of aliphatic hydroxyl groups excluding tert-OH is 4. The minimum atomic E-state index is -0.602. The van der Waals surface area contributed by atoms with Crippen LogP contribution in [0.4, 0.5) is 0 Å². The van der Waals surface area contributed by atoms with Gasteiger partial charge in [0.2, 0.25) is 0 Å². The molecule has 4 heteroatoms. The molecule has 0 spiro atoms. The van der Waals surface area contributed by atoms with Gasteiger partial charge in [-0.25, -0.2) is 0 Å². The van der Waals surface area contributed by atoms with E-state index in [4.69, 9.17) is 20.4 Å². The minimum absolute atomic E-state index is 0.127. The highest BCUT2D eigenvalue weighted by Gasteiger charge is 2.13. The van der Waals surface area contributed by atoms with Crippen molar-refractivity contribution in [3.63, 3.8) is 0 Å². The fraction of sp³-hybridized carbons (Fsp3) is 1.00. The Morgan fingerprint density at radius 1 is 0.800 bits per heavy atom. The molecule has 0 radical (unpaired) electrons. The van der Waals surface area contributed by atoms with Gasteiger partial charge in [0.05, 0.1) is 24.9 Å². The average molecular weight is 222 g/mol. The van der Waals surface area contributed by atoms with Crippen molar-refractivity contribution in [3.05, 3.63) is 0 Å². The lowest BCUT2D eigenvalue weighted by Gasteiger charge is -2.16. The van der Waals surface area contributed by atoms with Crippen molar-refractivity contribution < 1.29 is 20.4 Å². The Morgan fingerprint density at radius 3 is 1.20 bits per heavy atom. The molecule has 3 atom stereocenters. The van der Waals surface area contributed by atoms with Gasteiger partial charge < -0.3 is 20.4 Å². The summed E-state index contributed by atoms with van der Waals surface area (Å²) >= 11 is 0. The monoisotopic (exact) mass is 222 g/mol. The largest absolute Gasteiger partial charge is 0.394 e. The standard InChI is InChI=1S/C6H14O2.C5H12O2/c1-4(2)6(8)5(3)7;1-4(2)5(7)3-6/h4-8H,1-3H3;4-7H,3H2,1-2H3/t5?,6-;5-/m11/s1. The Kier molecular flexibility index (Phi) is 10.5. The molecular formula is C11H26O4. The highest BCUT2D eigenvalue weighted by atomic mass is 16.3. The first kappa shape index (κ1) is 17.2. The summed E-state index contributed by atoms with van der Waals surface area (Å²) in [6.07, 6.45) is -1.72. The first-order chi connectivity index (χ1) is 6.73. The van der Waals surface area contributed by atoms with Crippen LogP contribution in [0.2, 0.25) is 0 Å². The summed E-state index contributed by atoms with van der Waals surface area (Å²) < 4.78 is 0. The van der Waals surface area contributed by atoms with Gasteiger partial charge in [-0.2, -0.15) is 0 Å². The Bertz CT molecular complexity index is 127. The van der Waals surface area contributed by atoms with Crippen molar-refractivity contribution in [1.29, 1.82) is 0 Å². The summed E-state index contributed by atoms with van der Waals surface area (Å²) in [7, 11) is 0. The highest BCUT2D eigenvalue weighted by Crippen LogP contribution is 2.04. The lowest BCUT2D eigenvalue weighted by molar-refractivity contribution is 0.00273. The van der Waals surface area contributed by atoms with E-state index in [0.29, 0.717) is 0 Å². The maximum Gasteiger partial charge on any atom is 0.0819 e. The number of hydrogen-bond acceptors (Lipinski definition) is 4. The van der Waals surface area contributed by atoms with Crippen LogP contribution in [0.1, 0.15) is 34.6 Å². The van der Waals surface area contributed by atoms with Crippen LogP contribution in [-0.2, 0) is 0 Å². The van der Waals surface area contributed by atoms with E-state index in [1.54, 1.807) is 6.92 Å². The van der Waals surface area contributed by atoms with Crippen molar-refractivity contribution in [1.82, 2.24) is 0 Å². The summed E-state index contributed by atoms with van der Waals surface area (Å²) in [5.41, 5.74) is 0. The Hall–Kier alpha value is -0.160. The number of hydrogen-bond donors (Lipinski definition) is 4. The number of aliphatic hydroxyl groups is 4. The van der Waals surface area contributed by atoms with Gasteiger partial charge in [0.1, 0.15) is 0 Å². The molecule has 4 nitrogen and oxygen atoms in total. The zero-order valence-corrected chi connectivity index (χ0v) is 10.4. The van der Waals surface area contributed by atoms with E-state index < -0.39 is 18.3 Å². The molecule has 94 valence electrons. The van der Waals surface area contributed by atoms with Crippen LogP contribution < -0.4 is 0 Å². The Balaban J connectivity index is 0. The molecule has 15 heavy (non-hydrogen) atoms. The molecule has 0 rings (SSSR count). The first-order valence-electron chi connectivity index (χ1n) is 5.39. The van der Waals surface area contributed by atoms with Gasteiger partial charge in [-0.3, -0.25) is 0 Å². The summed E-state index contributed by atoms with van der Waals surface area (Å²) in [5, 5.41) is 34.6. The average Bonchev–Trinajstić information content (AvgIpc) is 2.15. The number of rotatable bonds is 4. The molecule has 0 bridgehead atoms. The molecule has 0 saturated carbocycles. The van der Waals surface area contributed by atoms with Crippen LogP contribution in [0.3, 0.4) is 0 Å². The Morgan fingerprint density at radius 2 is 1.20 bits per heavy atom. The highest BCUT2D eigenvalue weighted by molar-refractivity contribution is 4.64. The zero-order valence-electron chi connectivity index (χ0n) is 10.4. The van der Waals surface area contributed by atoms with Gasteiger partial charge in [0, 0.05) is 0 Å². The van der Waals surface area contributed by atoms with Crippen molar-refractivity contribution in [3.8, 4) is 0 Å². The van der Waals surface area contributed by atoms with E-state index in [1.807, 2.05) is 27.7 Å². The topological polar surface area (TPSA) is 80.9 Å². The summed E-state index contributed by atoms with van der Waals surface area (Å²) in [4.78, 5) is 0. The van der Waals surface area contributed by atoms with Crippen LogP contribution in [0.5, 0.6) is 0 Å². The predicted molar refractivity (Wildman–Crippen MR) is 60.5 cm³/mol. The van der Waals surface area contributed by atoms with Crippen LogP contribution >= 0.6 is 0 Å². The molecule has 0 aliphatic rings. The third-order valence-electron chi connectivity index (χ3n) is 2.13. The van der Waals surface area contributed by atoms with E-state index in [2.05, 4.69) is 0 Å². The molecule has 0 aromatic carbocycles. The van der Waals surface area contributed by atoms with Crippen molar-refractivity contribution in [2.45, 2.75) is 52.9 Å². The van der Waals surface area contributed by atoms with Crippen molar-refractivity contribution >= 4 is 0 Å². The van der Waals surface area contributed by atoms with Gasteiger partial charge in [0.15, 0.2) is 0 Å². The summed E-state index contributed by atoms with van der Waals surface area (Å²) in [5.74, 6) is 0.319. The molecule has 0 heterocycles. The smallest absolute Gasteiger partial charge is 0.0819 e. The quantitative estimate of drug-likeness (QED) is 0.554. The second-order valence-corrected chi connectivity index (χ2v) is 4.47. The molecule has 0 saturated heterocycles. The van der Waals surface area contributed by atoms with E-state index in [0.717, 1.165) is 0 Å². The van der Waals surface area contributed by atoms with E-state index in [-0.39, 0.29) is 18.4 Å². The van der Waals surface area contributed by atoms with Crippen molar-refractivity contribution in [2.75, 3.05) is 6.61 Å². The molecule has 4 N–H and O–H groups in total. The molecule has 1 unspecified atom stereocenters. The summed E-state index contributed by atoms with van der Waals surface area (Å²) in [6.45, 7) is 8.93. The van der Waals surface area contributed by atoms with Gasteiger partial charge in [-0.1, -0.05) is 27.7 Å². The molecule has 0 fully saturated rings. The first-order valence-corrected chi connectivity index (χ1v) is 5.39. The van der Waals surface area contributed by atoms with Crippen LogP contribution in [-0.4, -0.2) is 45.3 Å². The third kappa shape index (κ3) is 10.1. The van der Waals surface area contributed by atoms with Crippen molar-refractivity contribution in [2.24, 2.45) is 11.8 Å².